The van der Waals surface area contributed by atoms with Crippen LogP contribution in [-0.2, 0) is 5.54 Å². The molecule has 17 heavy (non-hydrogen) atoms. The summed E-state index contributed by atoms with van der Waals surface area (Å²) >= 11 is 5.80. The van der Waals surface area contributed by atoms with Gasteiger partial charge in [0.15, 0.2) is 0 Å². The molecule has 3 rings (SSSR count). The number of rotatable bonds is 2. The van der Waals surface area contributed by atoms with Crippen molar-refractivity contribution in [2.45, 2.75) is 37.1 Å². The molecule has 1 aliphatic heterocycles. The molecule has 3 heteroatoms. The van der Waals surface area contributed by atoms with E-state index in [4.69, 9.17) is 5.73 Å². The molecular weight excluding hydrogens is 294 g/mol. The van der Waals surface area contributed by atoms with Crippen LogP contribution in [0.1, 0.15) is 42.7 Å². The molecule has 0 aromatic heterocycles. The summed E-state index contributed by atoms with van der Waals surface area (Å²) in [6, 6.07) is 6.81. The first kappa shape index (κ1) is 12.1. The van der Waals surface area contributed by atoms with E-state index in [1.54, 1.807) is 0 Å². The summed E-state index contributed by atoms with van der Waals surface area (Å²) in [5.41, 5.74) is 9.12. The summed E-state index contributed by atoms with van der Waals surface area (Å²) < 4.78 is 1.26. The molecule has 1 aromatic carbocycles. The Bertz CT molecular complexity index is 422. The number of hydrogen-bond acceptors (Lipinski definition) is 2. The largest absolute Gasteiger partial charge is 0.321 e. The molecule has 1 aromatic rings. The molecule has 0 amide bonds. The second kappa shape index (κ2) is 4.60. The summed E-state index contributed by atoms with van der Waals surface area (Å²) in [7, 11) is 0. The van der Waals surface area contributed by atoms with Gasteiger partial charge in [0.2, 0.25) is 0 Å². The van der Waals surface area contributed by atoms with E-state index in [0.717, 1.165) is 18.8 Å². The van der Waals surface area contributed by atoms with Crippen LogP contribution in [0.15, 0.2) is 22.7 Å². The Morgan fingerprint density at radius 1 is 1.35 bits per heavy atom. The second-order valence-corrected chi connectivity index (χ2v) is 7.31. The number of hydrogen-bond donors (Lipinski definition) is 1. The Kier molecular flexibility index (Phi) is 3.26. The summed E-state index contributed by atoms with van der Waals surface area (Å²) in [4.78, 5) is 0. The minimum Gasteiger partial charge on any atom is -0.321 e. The average molecular weight is 312 g/mol. The smallest absolute Gasteiger partial charge is 0.0410 e. The van der Waals surface area contributed by atoms with E-state index in [2.05, 4.69) is 45.9 Å². The van der Waals surface area contributed by atoms with E-state index < -0.39 is 0 Å². The lowest BCUT2D eigenvalue weighted by Crippen LogP contribution is -2.43. The zero-order valence-corrected chi connectivity index (χ0v) is 12.3. The standard InChI is InChI=1S/C14H18BrNS/c15-13-8-11(14(16)5-1-6-14)2-3-12(13)10-4-7-17-9-10/h2-3,8,10H,1,4-7,9,16H2. The van der Waals surface area contributed by atoms with E-state index in [0.29, 0.717) is 0 Å². The predicted molar refractivity (Wildman–Crippen MR) is 78.5 cm³/mol. The van der Waals surface area contributed by atoms with Crippen LogP contribution in [0.2, 0.25) is 0 Å². The molecule has 2 fully saturated rings. The SMILES string of the molecule is NC1(c2ccc(C3CCSC3)c(Br)c2)CCC1. The van der Waals surface area contributed by atoms with Crippen LogP contribution in [0.4, 0.5) is 0 Å². The molecule has 1 heterocycles. The van der Waals surface area contributed by atoms with Crippen LogP contribution in [0.3, 0.4) is 0 Å². The molecule has 1 nitrogen and oxygen atoms in total. The fourth-order valence-electron chi connectivity index (χ4n) is 2.79. The van der Waals surface area contributed by atoms with Crippen molar-refractivity contribution < 1.29 is 0 Å². The molecule has 92 valence electrons. The van der Waals surface area contributed by atoms with E-state index in [9.17, 15) is 0 Å². The van der Waals surface area contributed by atoms with Gasteiger partial charge in [0.05, 0.1) is 0 Å². The third-order valence-electron chi connectivity index (χ3n) is 4.19. The second-order valence-electron chi connectivity index (χ2n) is 5.31. The summed E-state index contributed by atoms with van der Waals surface area (Å²) in [5.74, 6) is 3.31. The van der Waals surface area contributed by atoms with E-state index in [-0.39, 0.29) is 5.54 Å². The van der Waals surface area contributed by atoms with E-state index in [1.807, 2.05) is 0 Å². The molecule has 1 unspecified atom stereocenters. The highest BCUT2D eigenvalue weighted by molar-refractivity contribution is 9.10. The Labute approximate surface area is 116 Å². The fourth-order valence-corrected chi connectivity index (χ4v) is 4.75. The Morgan fingerprint density at radius 3 is 2.71 bits per heavy atom. The third-order valence-corrected chi connectivity index (χ3v) is 6.04. The van der Waals surface area contributed by atoms with Crippen molar-refractivity contribution in [2.75, 3.05) is 11.5 Å². The molecule has 1 saturated heterocycles. The van der Waals surface area contributed by atoms with Crippen LogP contribution in [0.5, 0.6) is 0 Å². The van der Waals surface area contributed by atoms with Crippen LogP contribution in [-0.4, -0.2) is 11.5 Å². The summed E-state index contributed by atoms with van der Waals surface area (Å²) in [6.07, 6.45) is 4.86. The highest BCUT2D eigenvalue weighted by Gasteiger charge is 2.34. The van der Waals surface area contributed by atoms with Gasteiger partial charge in [-0.3, -0.25) is 0 Å². The van der Waals surface area contributed by atoms with Gasteiger partial charge in [-0.05, 0) is 54.5 Å². The highest BCUT2D eigenvalue weighted by atomic mass is 79.9. The molecule has 1 saturated carbocycles. The minimum absolute atomic E-state index is 0.0362. The van der Waals surface area contributed by atoms with E-state index in [1.165, 1.54) is 39.9 Å². The van der Waals surface area contributed by atoms with Crippen molar-refractivity contribution in [3.8, 4) is 0 Å². The fraction of sp³-hybridized carbons (Fsp3) is 0.571. The van der Waals surface area contributed by atoms with Gasteiger partial charge in [-0.15, -0.1) is 0 Å². The maximum atomic E-state index is 6.37. The van der Waals surface area contributed by atoms with Crippen molar-refractivity contribution >= 4 is 27.7 Å². The quantitative estimate of drug-likeness (QED) is 0.893. The maximum absolute atomic E-state index is 6.37. The molecule has 1 atom stereocenters. The Morgan fingerprint density at radius 2 is 2.18 bits per heavy atom. The van der Waals surface area contributed by atoms with Crippen molar-refractivity contribution in [1.82, 2.24) is 0 Å². The van der Waals surface area contributed by atoms with Crippen LogP contribution >= 0.6 is 27.7 Å². The van der Waals surface area contributed by atoms with Gasteiger partial charge in [-0.2, -0.15) is 11.8 Å². The van der Waals surface area contributed by atoms with Gasteiger partial charge in [0.1, 0.15) is 0 Å². The molecule has 0 radical (unpaired) electrons. The summed E-state index contributed by atoms with van der Waals surface area (Å²) in [6.45, 7) is 0. The first-order valence-corrected chi connectivity index (χ1v) is 8.30. The third kappa shape index (κ3) is 2.18. The number of thioether (sulfide) groups is 1. The number of benzene rings is 1. The molecule has 2 aliphatic rings. The Hall–Kier alpha value is 0.01000. The average Bonchev–Trinajstić information content (AvgIpc) is 2.79. The van der Waals surface area contributed by atoms with Gasteiger partial charge in [-0.25, -0.2) is 0 Å². The molecule has 0 spiro atoms. The molecule has 2 N–H and O–H groups in total. The first-order chi connectivity index (χ1) is 8.19. The van der Waals surface area contributed by atoms with Crippen LogP contribution in [0.25, 0.3) is 0 Å². The highest BCUT2D eigenvalue weighted by Crippen LogP contribution is 2.42. The number of nitrogens with two attached hydrogens (primary N) is 1. The van der Waals surface area contributed by atoms with Gasteiger partial charge < -0.3 is 5.73 Å². The zero-order valence-electron chi connectivity index (χ0n) is 9.92. The first-order valence-electron chi connectivity index (χ1n) is 6.36. The molecular formula is C14H18BrNS. The lowest BCUT2D eigenvalue weighted by molar-refractivity contribution is 0.253. The van der Waals surface area contributed by atoms with Gasteiger partial charge >= 0.3 is 0 Å². The van der Waals surface area contributed by atoms with Crippen molar-refractivity contribution in [3.63, 3.8) is 0 Å². The molecule has 0 bridgehead atoms. The van der Waals surface area contributed by atoms with Crippen molar-refractivity contribution in [3.05, 3.63) is 33.8 Å². The van der Waals surface area contributed by atoms with Gasteiger partial charge in [-0.1, -0.05) is 28.1 Å². The van der Waals surface area contributed by atoms with E-state index >= 15 is 0 Å². The van der Waals surface area contributed by atoms with Crippen molar-refractivity contribution in [2.24, 2.45) is 5.73 Å². The Balaban J connectivity index is 1.88. The minimum atomic E-state index is -0.0362. The van der Waals surface area contributed by atoms with Crippen molar-refractivity contribution in [1.29, 1.82) is 0 Å². The lowest BCUT2D eigenvalue weighted by atomic mass is 9.72. The zero-order chi connectivity index (χ0) is 11.9. The maximum Gasteiger partial charge on any atom is 0.0410 e. The van der Waals surface area contributed by atoms with Gasteiger partial charge in [0, 0.05) is 15.8 Å². The summed E-state index contributed by atoms with van der Waals surface area (Å²) in [5, 5.41) is 0. The van der Waals surface area contributed by atoms with Crippen LogP contribution in [0, 0.1) is 0 Å². The lowest BCUT2D eigenvalue weighted by Gasteiger charge is -2.39. The monoisotopic (exact) mass is 311 g/mol. The van der Waals surface area contributed by atoms with Gasteiger partial charge in [0.25, 0.3) is 0 Å². The van der Waals surface area contributed by atoms with Crippen LogP contribution < -0.4 is 5.73 Å². The normalized spacial score (nSPS) is 26.8. The number of halogens is 1. The molecule has 1 aliphatic carbocycles. The topological polar surface area (TPSA) is 26.0 Å². The predicted octanol–water partition coefficient (Wildman–Crippen LogP) is 4.01.